The molecule has 0 bridgehead atoms. The van der Waals surface area contributed by atoms with E-state index in [1.807, 2.05) is 18.2 Å². The summed E-state index contributed by atoms with van der Waals surface area (Å²) >= 11 is 0. The number of Topliss-reactive ketones (excluding diaryl/α,β-unsaturated/α-hetero) is 1. The molecule has 0 aliphatic carbocycles. The van der Waals surface area contributed by atoms with Crippen molar-refractivity contribution in [2.75, 3.05) is 18.5 Å². The number of benzene rings is 2. The lowest BCUT2D eigenvalue weighted by molar-refractivity contribution is 0.0751. The Morgan fingerprint density at radius 2 is 1.52 bits per heavy atom. The predicted molar refractivity (Wildman–Crippen MR) is 132 cm³/mol. The molecule has 1 heterocycles. The van der Waals surface area contributed by atoms with Gasteiger partial charge in [-0.05, 0) is 24.6 Å². The molecule has 0 saturated heterocycles. The quantitative estimate of drug-likeness (QED) is 0.222. The highest BCUT2D eigenvalue weighted by Crippen LogP contribution is 2.32. The molecule has 2 aromatic carbocycles. The second kappa shape index (κ2) is 12.8. The fourth-order valence-corrected chi connectivity index (χ4v) is 3.98. The number of nitrogens with zero attached hydrogens (tertiary/aromatic N) is 1. The number of rotatable bonds is 13. The number of hydrogen-bond donors (Lipinski definition) is 2. The number of fused-ring (bicyclic) bond motifs is 1. The average Bonchev–Trinajstić information content (AvgIpc) is 3.12. The molecule has 0 spiro atoms. The van der Waals surface area contributed by atoms with Crippen LogP contribution in [0.4, 0.5) is 10.5 Å². The monoisotopic (exact) mass is 450 g/mol. The molecule has 1 amide bonds. The maximum absolute atomic E-state index is 12.9. The largest absolute Gasteiger partial charge is 0.494 e. The first-order valence-corrected chi connectivity index (χ1v) is 11.9. The Morgan fingerprint density at radius 3 is 2.24 bits per heavy atom. The minimum atomic E-state index is -0.534. The molecule has 0 radical (unpaired) electrons. The SMILES string of the molecule is CCCCCCCCCCOCC(=O)c1c(O)n(C(=O)Nc2ccccc2)c2ccccc12. The van der Waals surface area contributed by atoms with Crippen LogP contribution in [0, 0.1) is 0 Å². The lowest BCUT2D eigenvalue weighted by Gasteiger charge is -2.08. The third-order valence-corrected chi connectivity index (χ3v) is 5.73. The molecular formula is C27H34N2O4. The summed E-state index contributed by atoms with van der Waals surface area (Å²) in [6.45, 7) is 2.60. The van der Waals surface area contributed by atoms with Crippen LogP contribution in [0.2, 0.25) is 0 Å². The Hall–Kier alpha value is -3.12. The summed E-state index contributed by atoms with van der Waals surface area (Å²) < 4.78 is 6.73. The van der Waals surface area contributed by atoms with Crippen molar-refractivity contribution >= 4 is 28.4 Å². The minimum Gasteiger partial charge on any atom is -0.494 e. The maximum Gasteiger partial charge on any atom is 0.333 e. The highest BCUT2D eigenvalue weighted by atomic mass is 16.5. The Morgan fingerprint density at radius 1 is 0.879 bits per heavy atom. The van der Waals surface area contributed by atoms with Crippen LogP contribution in [-0.2, 0) is 4.74 Å². The van der Waals surface area contributed by atoms with Gasteiger partial charge in [-0.1, -0.05) is 88.3 Å². The van der Waals surface area contributed by atoms with Crippen molar-refractivity contribution in [1.82, 2.24) is 4.57 Å². The van der Waals surface area contributed by atoms with E-state index in [0.717, 1.165) is 17.4 Å². The highest BCUT2D eigenvalue weighted by Gasteiger charge is 2.25. The van der Waals surface area contributed by atoms with Crippen LogP contribution in [0.15, 0.2) is 54.6 Å². The maximum atomic E-state index is 12.9. The number of para-hydroxylation sites is 2. The van der Waals surface area contributed by atoms with Crippen LogP contribution < -0.4 is 5.32 Å². The van der Waals surface area contributed by atoms with Gasteiger partial charge in [-0.2, -0.15) is 0 Å². The smallest absolute Gasteiger partial charge is 0.333 e. The van der Waals surface area contributed by atoms with Crippen LogP contribution in [0.1, 0.15) is 68.6 Å². The summed E-state index contributed by atoms with van der Waals surface area (Å²) in [5, 5.41) is 14.1. The fraction of sp³-hybridized carbons (Fsp3) is 0.407. The molecule has 0 fully saturated rings. The van der Waals surface area contributed by atoms with Crippen LogP contribution in [0.3, 0.4) is 0 Å². The van der Waals surface area contributed by atoms with Gasteiger partial charge in [-0.25, -0.2) is 9.36 Å². The summed E-state index contributed by atoms with van der Waals surface area (Å²) in [6, 6.07) is 15.4. The number of carbonyl (C=O) groups is 2. The molecular weight excluding hydrogens is 416 g/mol. The second-order valence-electron chi connectivity index (χ2n) is 8.30. The zero-order valence-electron chi connectivity index (χ0n) is 19.4. The lowest BCUT2D eigenvalue weighted by atomic mass is 10.1. The van der Waals surface area contributed by atoms with Gasteiger partial charge in [0.2, 0.25) is 5.88 Å². The molecule has 2 N–H and O–H groups in total. The van der Waals surface area contributed by atoms with Crippen molar-refractivity contribution in [2.45, 2.75) is 58.3 Å². The van der Waals surface area contributed by atoms with E-state index in [4.69, 9.17) is 4.74 Å². The molecule has 0 unspecified atom stereocenters. The first-order valence-electron chi connectivity index (χ1n) is 11.9. The van der Waals surface area contributed by atoms with E-state index in [1.165, 1.54) is 38.5 Å². The number of carbonyl (C=O) groups excluding carboxylic acids is 2. The predicted octanol–water partition coefficient (Wildman–Crippen LogP) is 6.77. The number of nitrogens with one attached hydrogen (secondary N) is 1. The minimum absolute atomic E-state index is 0.115. The van der Waals surface area contributed by atoms with E-state index >= 15 is 0 Å². The van der Waals surface area contributed by atoms with Gasteiger partial charge >= 0.3 is 6.03 Å². The average molecular weight is 451 g/mol. The fourth-order valence-electron chi connectivity index (χ4n) is 3.98. The molecule has 0 aliphatic rings. The number of ether oxygens (including phenoxy) is 1. The number of unbranched alkanes of at least 4 members (excludes halogenated alkanes) is 7. The van der Waals surface area contributed by atoms with E-state index in [0.29, 0.717) is 23.2 Å². The van der Waals surface area contributed by atoms with Crippen molar-refractivity contribution in [3.63, 3.8) is 0 Å². The van der Waals surface area contributed by atoms with Gasteiger partial charge in [-0.15, -0.1) is 0 Å². The second-order valence-corrected chi connectivity index (χ2v) is 8.30. The number of anilines is 1. The van der Waals surface area contributed by atoms with Crippen LogP contribution >= 0.6 is 0 Å². The third-order valence-electron chi connectivity index (χ3n) is 5.73. The zero-order chi connectivity index (χ0) is 23.5. The van der Waals surface area contributed by atoms with Gasteiger partial charge in [0.1, 0.15) is 6.61 Å². The number of hydrogen-bond acceptors (Lipinski definition) is 4. The first kappa shape index (κ1) is 24.5. The van der Waals surface area contributed by atoms with Crippen molar-refractivity contribution in [3.05, 3.63) is 60.2 Å². The third kappa shape index (κ3) is 6.68. The van der Waals surface area contributed by atoms with E-state index in [2.05, 4.69) is 12.2 Å². The van der Waals surface area contributed by atoms with Gasteiger partial charge in [0.15, 0.2) is 5.78 Å². The van der Waals surface area contributed by atoms with Crippen molar-refractivity contribution in [2.24, 2.45) is 0 Å². The van der Waals surface area contributed by atoms with Gasteiger partial charge in [0.05, 0.1) is 11.1 Å². The molecule has 1 aromatic heterocycles. The summed E-state index contributed by atoms with van der Waals surface area (Å²) in [7, 11) is 0. The molecule has 176 valence electrons. The number of aromatic nitrogens is 1. The van der Waals surface area contributed by atoms with E-state index in [9.17, 15) is 14.7 Å². The lowest BCUT2D eigenvalue weighted by Crippen LogP contribution is -2.19. The Bertz CT molecular complexity index is 1040. The number of amides is 1. The highest BCUT2D eigenvalue weighted by molar-refractivity contribution is 6.14. The molecule has 3 rings (SSSR count). The standard InChI is InChI=1S/C27H34N2O4/c1-2-3-4-5-6-7-8-14-19-33-20-24(30)25-22-17-12-13-18-23(22)29(26(25)31)27(32)28-21-15-10-9-11-16-21/h9-13,15-18,31H,2-8,14,19-20H2,1H3,(H,28,32). The van der Waals surface area contributed by atoms with Gasteiger partial charge < -0.3 is 15.2 Å². The normalized spacial score (nSPS) is 11.1. The van der Waals surface area contributed by atoms with Crippen LogP contribution in [0.5, 0.6) is 5.88 Å². The first-order chi connectivity index (χ1) is 16.1. The van der Waals surface area contributed by atoms with E-state index in [-0.39, 0.29) is 23.8 Å². The number of aromatic hydroxyl groups is 1. The summed E-state index contributed by atoms with van der Waals surface area (Å²) in [6.07, 6.45) is 9.59. The molecule has 0 saturated carbocycles. The Balaban J connectivity index is 1.58. The summed E-state index contributed by atoms with van der Waals surface area (Å²) in [5.41, 5.74) is 1.18. The van der Waals surface area contributed by atoms with Crippen molar-refractivity contribution in [1.29, 1.82) is 0 Å². The van der Waals surface area contributed by atoms with E-state index < -0.39 is 6.03 Å². The Kier molecular flexibility index (Phi) is 9.51. The van der Waals surface area contributed by atoms with Gasteiger partial charge in [-0.3, -0.25) is 4.79 Å². The summed E-state index contributed by atoms with van der Waals surface area (Å²) in [4.78, 5) is 25.8. The van der Waals surface area contributed by atoms with Crippen molar-refractivity contribution in [3.8, 4) is 5.88 Å². The molecule has 6 nitrogen and oxygen atoms in total. The van der Waals surface area contributed by atoms with Crippen LogP contribution in [-0.4, -0.2) is 34.7 Å². The van der Waals surface area contributed by atoms with Gasteiger partial charge in [0.25, 0.3) is 0 Å². The zero-order valence-corrected chi connectivity index (χ0v) is 19.4. The molecule has 6 heteroatoms. The summed E-state index contributed by atoms with van der Waals surface area (Å²) in [5.74, 6) is -0.708. The number of ketones is 1. The molecule has 3 aromatic rings. The van der Waals surface area contributed by atoms with E-state index in [1.54, 1.807) is 36.4 Å². The van der Waals surface area contributed by atoms with Crippen LogP contribution in [0.25, 0.3) is 10.9 Å². The topological polar surface area (TPSA) is 80.6 Å². The van der Waals surface area contributed by atoms with Gasteiger partial charge in [0, 0.05) is 17.7 Å². The molecule has 33 heavy (non-hydrogen) atoms. The Labute approximate surface area is 195 Å². The van der Waals surface area contributed by atoms with Crippen molar-refractivity contribution < 1.29 is 19.4 Å². The molecule has 0 aliphatic heterocycles. The molecule has 0 atom stereocenters.